The summed E-state index contributed by atoms with van der Waals surface area (Å²) in [5.74, 6) is -0.0617. The number of aliphatic hydroxyl groups excluding tert-OH is 2. The summed E-state index contributed by atoms with van der Waals surface area (Å²) in [6, 6.07) is -0.619. The van der Waals surface area contributed by atoms with Crippen molar-refractivity contribution in [3.8, 4) is 0 Å². The van der Waals surface area contributed by atoms with Gasteiger partial charge in [-0.25, -0.2) is 0 Å². The Morgan fingerprint density at radius 3 is 1.02 bits per heavy atom. The summed E-state index contributed by atoms with van der Waals surface area (Å²) in [4.78, 5) is 12.4. The van der Waals surface area contributed by atoms with Crippen LogP contribution in [0.4, 0.5) is 0 Å². The molecule has 0 bridgehead atoms. The molecule has 2 unspecified atom stereocenters. The molecule has 0 aliphatic rings. The van der Waals surface area contributed by atoms with Gasteiger partial charge in [-0.05, 0) is 44.9 Å². The summed E-state index contributed by atoms with van der Waals surface area (Å²) in [5, 5.41) is 23.0. The first-order valence-corrected chi connectivity index (χ1v) is 24.6. The fourth-order valence-electron chi connectivity index (χ4n) is 7.65. The normalized spacial score (nSPS) is 13.0. The predicted molar refractivity (Wildman–Crippen MR) is 239 cm³/mol. The Morgan fingerprint density at radius 2 is 0.704 bits per heavy atom. The fourth-order valence-corrected chi connectivity index (χ4v) is 7.65. The number of carbonyl (C=O) groups excluding carboxylic acids is 1. The number of hydrogen-bond donors (Lipinski definition) is 3. The van der Waals surface area contributed by atoms with E-state index < -0.39 is 12.1 Å². The zero-order chi connectivity index (χ0) is 39.3. The van der Waals surface area contributed by atoms with E-state index in [-0.39, 0.29) is 12.5 Å². The molecule has 54 heavy (non-hydrogen) atoms. The van der Waals surface area contributed by atoms with Crippen LogP contribution in [-0.2, 0) is 4.79 Å². The molecule has 4 nitrogen and oxygen atoms in total. The van der Waals surface area contributed by atoms with Gasteiger partial charge in [-0.15, -0.1) is 0 Å². The largest absolute Gasteiger partial charge is 0.394 e. The van der Waals surface area contributed by atoms with Gasteiger partial charge < -0.3 is 15.5 Å². The molecule has 0 saturated heterocycles. The Hall–Kier alpha value is -1.13. The highest BCUT2D eigenvalue weighted by atomic mass is 16.3. The minimum atomic E-state index is -0.836. The van der Waals surface area contributed by atoms with Crippen LogP contribution in [0.2, 0.25) is 0 Å². The minimum Gasteiger partial charge on any atom is -0.394 e. The zero-order valence-corrected chi connectivity index (χ0v) is 36.8. The topological polar surface area (TPSA) is 69.6 Å². The SMILES string of the molecule is CCCCCCCCCCCCC/C=C/C(O)C(CO)NC(=O)CCCCCCCCCCCCCCC/C=C\CCCCCCCCCCCCCC. The van der Waals surface area contributed by atoms with Gasteiger partial charge in [-0.2, -0.15) is 0 Å². The van der Waals surface area contributed by atoms with Crippen LogP contribution in [0.5, 0.6) is 0 Å². The minimum absolute atomic E-state index is 0.0617. The number of aliphatic hydroxyl groups is 2. The molecule has 0 radical (unpaired) electrons. The number of rotatable bonds is 45. The molecule has 0 aromatic heterocycles. The van der Waals surface area contributed by atoms with Crippen LogP contribution in [0, 0.1) is 0 Å². The maximum Gasteiger partial charge on any atom is 0.220 e. The highest BCUT2D eigenvalue weighted by Crippen LogP contribution is 2.16. The van der Waals surface area contributed by atoms with Crippen LogP contribution in [0.1, 0.15) is 271 Å². The Bertz CT molecular complexity index is 780. The van der Waals surface area contributed by atoms with E-state index in [1.165, 1.54) is 225 Å². The lowest BCUT2D eigenvalue weighted by Crippen LogP contribution is -2.45. The first-order valence-electron chi connectivity index (χ1n) is 24.6. The van der Waals surface area contributed by atoms with Crippen LogP contribution in [-0.4, -0.2) is 34.9 Å². The first-order chi connectivity index (χ1) is 26.7. The number of carbonyl (C=O) groups is 1. The summed E-state index contributed by atoms with van der Waals surface area (Å²) in [5.41, 5.74) is 0. The van der Waals surface area contributed by atoms with E-state index in [9.17, 15) is 15.0 Å². The molecule has 0 fully saturated rings. The molecule has 0 saturated carbocycles. The summed E-state index contributed by atoms with van der Waals surface area (Å²) >= 11 is 0. The number of amides is 1. The Balaban J connectivity index is 3.45. The standard InChI is InChI=1S/C50H97NO3/c1-3-5-7-9-11-13-15-17-18-19-20-21-22-23-24-25-26-27-28-29-30-31-32-34-36-38-40-42-44-46-50(54)51-48(47-52)49(53)45-43-41-39-37-35-33-16-14-12-10-8-6-4-2/h23-24,43,45,48-49,52-53H,3-22,25-42,44,46-47H2,1-2H3,(H,51,54)/b24-23-,45-43+. The smallest absolute Gasteiger partial charge is 0.220 e. The number of hydrogen-bond acceptors (Lipinski definition) is 3. The van der Waals surface area contributed by atoms with E-state index in [1.807, 2.05) is 6.08 Å². The molecule has 0 aromatic carbocycles. The van der Waals surface area contributed by atoms with Crippen LogP contribution in [0.15, 0.2) is 24.3 Å². The monoisotopic (exact) mass is 760 g/mol. The van der Waals surface area contributed by atoms with E-state index in [1.54, 1.807) is 6.08 Å². The molecule has 0 aliphatic heterocycles. The van der Waals surface area contributed by atoms with Crippen molar-refractivity contribution in [3.05, 3.63) is 24.3 Å². The highest BCUT2D eigenvalue weighted by molar-refractivity contribution is 5.76. The lowest BCUT2D eigenvalue weighted by atomic mass is 10.0. The van der Waals surface area contributed by atoms with Crippen molar-refractivity contribution < 1.29 is 15.0 Å². The molecule has 0 aliphatic carbocycles. The van der Waals surface area contributed by atoms with Crippen molar-refractivity contribution in [1.82, 2.24) is 5.32 Å². The Kier molecular flexibility index (Phi) is 45.3. The predicted octanol–water partition coefficient (Wildman–Crippen LogP) is 15.6. The van der Waals surface area contributed by atoms with Gasteiger partial charge in [0.15, 0.2) is 0 Å². The van der Waals surface area contributed by atoms with Gasteiger partial charge in [-0.1, -0.05) is 244 Å². The summed E-state index contributed by atoms with van der Waals surface area (Å²) in [7, 11) is 0. The third kappa shape index (κ3) is 42.0. The van der Waals surface area contributed by atoms with Crippen LogP contribution >= 0.6 is 0 Å². The molecule has 4 heteroatoms. The number of unbranched alkanes of at least 4 members (excludes halogenated alkanes) is 36. The van der Waals surface area contributed by atoms with Gasteiger partial charge in [0.25, 0.3) is 0 Å². The van der Waals surface area contributed by atoms with Crippen molar-refractivity contribution >= 4 is 5.91 Å². The molecular formula is C50H97NO3. The van der Waals surface area contributed by atoms with Gasteiger partial charge in [-0.3, -0.25) is 4.79 Å². The van der Waals surface area contributed by atoms with E-state index in [0.717, 1.165) is 25.7 Å². The van der Waals surface area contributed by atoms with Crippen molar-refractivity contribution in [2.24, 2.45) is 0 Å². The lowest BCUT2D eigenvalue weighted by molar-refractivity contribution is -0.123. The van der Waals surface area contributed by atoms with E-state index >= 15 is 0 Å². The van der Waals surface area contributed by atoms with Crippen LogP contribution in [0.3, 0.4) is 0 Å². The summed E-state index contributed by atoms with van der Waals surface area (Å²) in [6.07, 6.45) is 60.3. The molecule has 3 N–H and O–H groups in total. The second kappa shape index (κ2) is 46.3. The molecular weight excluding hydrogens is 663 g/mol. The third-order valence-corrected chi connectivity index (χ3v) is 11.4. The molecule has 0 rings (SSSR count). The molecule has 1 amide bonds. The van der Waals surface area contributed by atoms with Crippen molar-refractivity contribution in [2.45, 2.75) is 283 Å². The number of nitrogens with one attached hydrogen (secondary N) is 1. The summed E-state index contributed by atoms with van der Waals surface area (Å²) < 4.78 is 0. The third-order valence-electron chi connectivity index (χ3n) is 11.4. The number of allylic oxidation sites excluding steroid dienone is 3. The van der Waals surface area contributed by atoms with Gasteiger partial charge in [0.05, 0.1) is 18.8 Å². The highest BCUT2D eigenvalue weighted by Gasteiger charge is 2.18. The molecule has 320 valence electrons. The van der Waals surface area contributed by atoms with Crippen molar-refractivity contribution in [2.75, 3.05) is 6.61 Å². The molecule has 0 aromatic rings. The maximum absolute atomic E-state index is 12.4. The second-order valence-corrected chi connectivity index (χ2v) is 16.9. The van der Waals surface area contributed by atoms with Crippen molar-refractivity contribution in [1.29, 1.82) is 0 Å². The van der Waals surface area contributed by atoms with Gasteiger partial charge in [0, 0.05) is 6.42 Å². The lowest BCUT2D eigenvalue weighted by Gasteiger charge is -2.20. The van der Waals surface area contributed by atoms with Crippen LogP contribution in [0.25, 0.3) is 0 Å². The van der Waals surface area contributed by atoms with Gasteiger partial charge in [0.2, 0.25) is 5.91 Å². The maximum atomic E-state index is 12.4. The van der Waals surface area contributed by atoms with Gasteiger partial charge in [0.1, 0.15) is 0 Å². The fraction of sp³-hybridized carbons (Fsp3) is 0.900. The molecule has 0 spiro atoms. The second-order valence-electron chi connectivity index (χ2n) is 16.9. The summed E-state index contributed by atoms with van der Waals surface area (Å²) in [6.45, 7) is 4.32. The van der Waals surface area contributed by atoms with E-state index in [4.69, 9.17) is 0 Å². The van der Waals surface area contributed by atoms with Gasteiger partial charge >= 0.3 is 0 Å². The van der Waals surface area contributed by atoms with E-state index in [2.05, 4.69) is 31.3 Å². The Labute approximate surface area is 339 Å². The molecule has 0 heterocycles. The average molecular weight is 760 g/mol. The molecule has 2 atom stereocenters. The Morgan fingerprint density at radius 1 is 0.426 bits per heavy atom. The average Bonchev–Trinajstić information content (AvgIpc) is 3.18. The van der Waals surface area contributed by atoms with Crippen LogP contribution < -0.4 is 5.32 Å². The van der Waals surface area contributed by atoms with E-state index in [0.29, 0.717) is 6.42 Å². The zero-order valence-electron chi connectivity index (χ0n) is 36.8. The first kappa shape index (κ1) is 52.9. The quantitative estimate of drug-likeness (QED) is 0.0428. The van der Waals surface area contributed by atoms with Crippen molar-refractivity contribution in [3.63, 3.8) is 0 Å².